The molecule has 1 heterocycles. The number of nitrogens with one attached hydrogen (secondary N) is 6. The molecule has 7 rings (SSSR count). The Hall–Kier alpha value is -4.23. The van der Waals surface area contributed by atoms with Crippen molar-refractivity contribution in [3.8, 4) is 0 Å². The molecule has 312 valence electrons. The summed E-state index contributed by atoms with van der Waals surface area (Å²) in [5, 5.41) is 24.1. The van der Waals surface area contributed by atoms with Gasteiger partial charge in [-0.25, -0.2) is 0 Å². The third kappa shape index (κ3) is 13.9. The Kier molecular flexibility index (Phi) is 16.9. The van der Waals surface area contributed by atoms with Gasteiger partial charge < -0.3 is 0 Å². The molecule has 0 unspecified atom stereocenters. The Morgan fingerprint density at radius 2 is 0.383 bits per heavy atom. The van der Waals surface area contributed by atoms with Crippen LogP contribution in [-0.2, 0) is 38.5 Å². The zero-order valence-electron chi connectivity index (χ0n) is 34.5. The van der Waals surface area contributed by atoms with E-state index in [1.807, 2.05) is 0 Å². The molecule has 60 heavy (non-hydrogen) atoms. The smallest absolute Gasteiger partial charge is 0.215 e. The summed E-state index contributed by atoms with van der Waals surface area (Å²) < 4.78 is 17.7. The Balaban J connectivity index is 1.32. The molecule has 0 fully saturated rings. The molecule has 6 aromatic carbocycles. The van der Waals surface area contributed by atoms with E-state index >= 15 is 0 Å². The van der Waals surface area contributed by atoms with Crippen LogP contribution in [0.5, 0.6) is 0 Å². The first-order chi connectivity index (χ1) is 29.6. The SMILES string of the molecule is c1ccc(CCNP2(NCCc3ccccc3)=NP(NCCc3ccccc3)(NCCc3ccccc3)=NP(NCCc3ccccc3)(NCCc3ccccc3)=N2)cc1. The van der Waals surface area contributed by atoms with E-state index in [4.69, 9.17) is 13.5 Å². The highest BCUT2D eigenvalue weighted by Gasteiger charge is 2.37. The van der Waals surface area contributed by atoms with Crippen LogP contribution < -0.4 is 30.5 Å². The standard InChI is InChI=1S/C48H60N9P3/c1-7-19-43(20-8-1)31-37-49-58(50-38-32-44-21-9-2-10-22-44)55-59(51-39-33-45-23-11-3-12-24-45,52-40-34-46-25-13-4-14-26-46)57-60(56-58,53-41-35-47-27-15-5-16-28-47)54-42-36-48-29-17-6-18-30-48/h1-30,49-54H,31-42H2. The van der Waals surface area contributed by atoms with Crippen LogP contribution in [0.25, 0.3) is 0 Å². The molecule has 6 aromatic rings. The second-order valence-electron chi connectivity index (χ2n) is 14.9. The summed E-state index contributed by atoms with van der Waals surface area (Å²) in [6.07, 6.45) is 5.13. The van der Waals surface area contributed by atoms with Crippen molar-refractivity contribution in [2.75, 3.05) is 39.3 Å². The lowest BCUT2D eigenvalue weighted by Crippen LogP contribution is -2.33. The van der Waals surface area contributed by atoms with Gasteiger partial charge >= 0.3 is 0 Å². The van der Waals surface area contributed by atoms with E-state index < -0.39 is 22.5 Å². The fourth-order valence-corrected chi connectivity index (χ4v) is 19.0. The first-order valence-corrected chi connectivity index (χ1v) is 26.3. The fraction of sp³-hybridized carbons (Fsp3) is 0.250. The first-order valence-electron chi connectivity index (χ1n) is 21.2. The van der Waals surface area contributed by atoms with Crippen molar-refractivity contribution in [3.63, 3.8) is 0 Å². The number of nitrogens with zero attached hydrogens (tertiary/aromatic N) is 3. The molecule has 0 bridgehead atoms. The van der Waals surface area contributed by atoms with Gasteiger partial charge in [0, 0.05) is 39.3 Å². The van der Waals surface area contributed by atoms with E-state index in [0.29, 0.717) is 39.3 Å². The highest BCUT2D eigenvalue weighted by atomic mass is 31.3. The van der Waals surface area contributed by atoms with Gasteiger partial charge in [-0.2, -0.15) is 13.5 Å². The van der Waals surface area contributed by atoms with E-state index in [1.54, 1.807) is 0 Å². The van der Waals surface area contributed by atoms with Gasteiger partial charge in [-0.05, 0) is 71.9 Å². The molecular weight excluding hydrogens is 796 g/mol. The monoisotopic (exact) mass is 855 g/mol. The van der Waals surface area contributed by atoms with Gasteiger partial charge in [0.2, 0.25) is 22.5 Å². The van der Waals surface area contributed by atoms with Crippen molar-refractivity contribution >= 4 is 22.5 Å². The lowest BCUT2D eigenvalue weighted by atomic mass is 10.2. The maximum absolute atomic E-state index is 5.89. The Labute approximate surface area is 358 Å². The van der Waals surface area contributed by atoms with Gasteiger partial charge in [0.25, 0.3) is 0 Å². The van der Waals surface area contributed by atoms with Gasteiger partial charge in [-0.1, -0.05) is 182 Å². The molecule has 6 N–H and O–H groups in total. The quantitative estimate of drug-likeness (QED) is 0.0339. The molecule has 0 aliphatic carbocycles. The zero-order valence-corrected chi connectivity index (χ0v) is 37.2. The molecule has 12 heteroatoms. The van der Waals surface area contributed by atoms with Crippen molar-refractivity contribution < 1.29 is 0 Å². The molecule has 0 radical (unpaired) electrons. The Morgan fingerprint density at radius 1 is 0.233 bits per heavy atom. The minimum atomic E-state index is -2.85. The van der Waals surface area contributed by atoms with Gasteiger partial charge in [0.05, 0.1) is 0 Å². The predicted molar refractivity (Wildman–Crippen MR) is 257 cm³/mol. The zero-order chi connectivity index (χ0) is 41.0. The van der Waals surface area contributed by atoms with E-state index in [2.05, 4.69) is 213 Å². The average molecular weight is 856 g/mol. The Bertz CT molecular complexity index is 1890. The summed E-state index contributed by atoms with van der Waals surface area (Å²) in [6, 6.07) is 64.1. The second-order valence-corrected chi connectivity index (χ2v) is 22.6. The second kappa shape index (κ2) is 23.1. The molecule has 0 aromatic heterocycles. The maximum Gasteiger partial charge on any atom is 0.215 e. The fourth-order valence-electron chi connectivity index (χ4n) is 7.17. The van der Waals surface area contributed by atoms with Crippen molar-refractivity contribution in [1.29, 1.82) is 0 Å². The number of benzene rings is 6. The summed E-state index contributed by atoms with van der Waals surface area (Å²) in [4.78, 5) is 0. The van der Waals surface area contributed by atoms with Crippen molar-refractivity contribution in [3.05, 3.63) is 215 Å². The van der Waals surface area contributed by atoms with E-state index in [9.17, 15) is 0 Å². The summed E-state index contributed by atoms with van der Waals surface area (Å²) in [5.74, 6) is 0. The molecule has 0 spiro atoms. The first kappa shape index (κ1) is 43.8. The molecule has 0 saturated carbocycles. The normalized spacial score (nSPS) is 15.0. The number of rotatable bonds is 24. The van der Waals surface area contributed by atoms with Crippen LogP contribution in [0, 0.1) is 0 Å². The molecule has 9 nitrogen and oxygen atoms in total. The molecular formula is C48H60N9P3. The van der Waals surface area contributed by atoms with Gasteiger partial charge in [-0.3, -0.25) is 30.5 Å². The molecule has 0 saturated heterocycles. The van der Waals surface area contributed by atoms with Crippen molar-refractivity contribution in [2.45, 2.75) is 38.5 Å². The highest BCUT2D eigenvalue weighted by Crippen LogP contribution is 2.70. The highest BCUT2D eigenvalue weighted by molar-refractivity contribution is 7.83. The minimum Gasteiger partial charge on any atom is -0.253 e. The predicted octanol–water partition coefficient (Wildman–Crippen LogP) is 10.8. The topological polar surface area (TPSA) is 109 Å². The largest absolute Gasteiger partial charge is 0.253 e. The van der Waals surface area contributed by atoms with E-state index in [1.165, 1.54) is 33.4 Å². The van der Waals surface area contributed by atoms with Crippen LogP contribution >= 0.6 is 22.5 Å². The van der Waals surface area contributed by atoms with E-state index in [0.717, 1.165) is 38.5 Å². The molecule has 1 aliphatic heterocycles. The minimum absolute atomic E-state index is 0.713. The van der Waals surface area contributed by atoms with E-state index in [-0.39, 0.29) is 0 Å². The third-order valence-corrected chi connectivity index (χ3v) is 20.5. The maximum atomic E-state index is 5.89. The molecule has 0 atom stereocenters. The van der Waals surface area contributed by atoms with Crippen LogP contribution in [0.4, 0.5) is 0 Å². The van der Waals surface area contributed by atoms with Crippen LogP contribution in [0.1, 0.15) is 33.4 Å². The average Bonchev–Trinajstić information content (AvgIpc) is 3.29. The summed E-state index contributed by atoms with van der Waals surface area (Å²) in [6.45, 7) is 4.28. The van der Waals surface area contributed by atoms with Gasteiger partial charge in [0.1, 0.15) is 0 Å². The molecule has 1 aliphatic rings. The van der Waals surface area contributed by atoms with Crippen LogP contribution in [-0.4, -0.2) is 39.3 Å². The van der Waals surface area contributed by atoms with Gasteiger partial charge in [-0.15, -0.1) is 0 Å². The van der Waals surface area contributed by atoms with Crippen LogP contribution in [0.2, 0.25) is 0 Å². The third-order valence-electron chi connectivity index (χ3n) is 10.3. The molecule has 0 amide bonds. The van der Waals surface area contributed by atoms with Crippen molar-refractivity contribution in [1.82, 2.24) is 30.5 Å². The summed E-state index contributed by atoms with van der Waals surface area (Å²) in [5.41, 5.74) is 7.67. The Morgan fingerprint density at radius 3 is 0.533 bits per heavy atom. The summed E-state index contributed by atoms with van der Waals surface area (Å²) in [7, 11) is -8.55. The number of hydrogen-bond acceptors (Lipinski definition) is 9. The number of hydrogen-bond donors (Lipinski definition) is 6. The van der Waals surface area contributed by atoms with Gasteiger partial charge in [0.15, 0.2) is 0 Å². The van der Waals surface area contributed by atoms with Crippen molar-refractivity contribution in [2.24, 2.45) is 13.5 Å². The van der Waals surface area contributed by atoms with Crippen LogP contribution in [0.3, 0.4) is 0 Å². The lowest BCUT2D eigenvalue weighted by Gasteiger charge is -2.38. The lowest BCUT2D eigenvalue weighted by molar-refractivity contribution is 0.811. The summed E-state index contributed by atoms with van der Waals surface area (Å²) >= 11 is 0. The van der Waals surface area contributed by atoms with Crippen LogP contribution in [0.15, 0.2) is 196 Å².